The van der Waals surface area contributed by atoms with Gasteiger partial charge in [-0.1, -0.05) is 58.1 Å². The molecule has 0 radical (unpaired) electrons. The molecular formula is C34H50N2O8. The molecule has 2 atom stereocenters. The van der Waals surface area contributed by atoms with Crippen molar-refractivity contribution in [3.05, 3.63) is 65.4 Å². The maximum absolute atomic E-state index is 13.1. The summed E-state index contributed by atoms with van der Waals surface area (Å²) in [4.78, 5) is 38.2. The molecule has 0 heterocycles. The number of aliphatic hydroxyl groups excluding tert-OH is 1. The number of anilines is 1. The highest BCUT2D eigenvalue weighted by atomic mass is 16.6. The van der Waals surface area contributed by atoms with Crippen molar-refractivity contribution in [1.29, 1.82) is 0 Å². The summed E-state index contributed by atoms with van der Waals surface area (Å²) in [6.07, 6.45) is 7.91. The highest BCUT2D eigenvalue weighted by molar-refractivity contribution is 5.85. The van der Waals surface area contributed by atoms with Crippen LogP contribution in [0.15, 0.2) is 59.8 Å². The van der Waals surface area contributed by atoms with Crippen LogP contribution in [0.5, 0.6) is 0 Å². The summed E-state index contributed by atoms with van der Waals surface area (Å²) >= 11 is 0. The Hall–Kier alpha value is -3.47. The summed E-state index contributed by atoms with van der Waals surface area (Å²) in [5, 5.41) is 15.6. The monoisotopic (exact) mass is 614 g/mol. The quantitative estimate of drug-likeness (QED) is 0.235. The molecule has 0 spiro atoms. The van der Waals surface area contributed by atoms with E-state index in [0.717, 1.165) is 16.8 Å². The van der Waals surface area contributed by atoms with Crippen LogP contribution in [0.25, 0.3) is 0 Å². The Morgan fingerprint density at radius 2 is 1.61 bits per heavy atom. The summed E-state index contributed by atoms with van der Waals surface area (Å²) in [6.45, 7) is 12.5. The lowest BCUT2D eigenvalue weighted by molar-refractivity contribution is -0.171. The van der Waals surface area contributed by atoms with Gasteiger partial charge in [-0.3, -0.25) is 14.9 Å². The van der Waals surface area contributed by atoms with Crippen LogP contribution in [0.3, 0.4) is 0 Å². The lowest BCUT2D eigenvalue weighted by Crippen LogP contribution is -2.45. The fourth-order valence-electron chi connectivity index (χ4n) is 3.94. The number of rotatable bonds is 14. The third-order valence-electron chi connectivity index (χ3n) is 6.87. The average molecular weight is 615 g/mol. The van der Waals surface area contributed by atoms with E-state index in [2.05, 4.69) is 10.6 Å². The molecule has 0 aromatic heterocycles. The molecule has 1 aliphatic rings. The van der Waals surface area contributed by atoms with E-state index in [1.54, 1.807) is 19.1 Å². The molecule has 2 amide bonds. The van der Waals surface area contributed by atoms with Crippen LogP contribution in [0.4, 0.5) is 10.5 Å². The number of benzene rings is 1. The highest BCUT2D eigenvalue weighted by Gasteiger charge is 2.42. The summed E-state index contributed by atoms with van der Waals surface area (Å²) in [5.74, 6) is -0.649. The van der Waals surface area contributed by atoms with Crippen molar-refractivity contribution in [2.75, 3.05) is 38.9 Å². The molecule has 0 aliphatic heterocycles. The first-order valence-electron chi connectivity index (χ1n) is 15.0. The predicted octanol–water partition coefficient (Wildman–Crippen LogP) is 5.47. The zero-order valence-corrected chi connectivity index (χ0v) is 27.5. The average Bonchev–Trinajstić information content (AvgIpc) is 3.17. The second-order valence-electron chi connectivity index (χ2n) is 13.1. The number of allylic oxidation sites excluding steroid dienone is 5. The lowest BCUT2D eigenvalue weighted by atomic mass is 9.86. The van der Waals surface area contributed by atoms with Gasteiger partial charge in [-0.2, -0.15) is 0 Å². The number of carbonyl (C=O) groups is 3. The van der Waals surface area contributed by atoms with E-state index < -0.39 is 34.6 Å². The summed E-state index contributed by atoms with van der Waals surface area (Å²) in [7, 11) is 1.44. The molecule has 0 fully saturated rings. The van der Waals surface area contributed by atoms with Crippen molar-refractivity contribution < 1.29 is 38.4 Å². The first kappa shape index (κ1) is 36.7. The molecule has 44 heavy (non-hydrogen) atoms. The van der Waals surface area contributed by atoms with Gasteiger partial charge in [0.15, 0.2) is 0 Å². The molecule has 0 saturated carbocycles. The normalized spacial score (nSPS) is 15.7. The molecule has 1 aromatic rings. The Morgan fingerprint density at radius 3 is 2.20 bits per heavy atom. The van der Waals surface area contributed by atoms with Gasteiger partial charge in [0.05, 0.1) is 18.8 Å². The number of nitrogens with one attached hydrogen (secondary N) is 2. The minimum Gasteiger partial charge on any atom is -0.462 e. The Labute approximate surface area is 261 Å². The standard InChI is InChI=1S/C34H50N2O8/c1-9-34(23-44-33(5,6)7,30(39)42-21-28(37)20-41-8)22-43-31(40)36-27-17-14-25(15-18-27)19-24-11-10-12-26(16-13-24)35-29(38)32(2,3)4/h10-11,13-18,28,37H,9,12,19-23H2,1-8H3,(H,35,38)(H,36,40). The molecule has 2 rings (SSSR count). The first-order valence-corrected chi connectivity index (χ1v) is 15.0. The van der Waals surface area contributed by atoms with Crippen LogP contribution >= 0.6 is 0 Å². The van der Waals surface area contributed by atoms with Crippen LogP contribution in [0.1, 0.15) is 66.9 Å². The Kier molecular flexibility index (Phi) is 13.8. The molecular weight excluding hydrogens is 564 g/mol. The number of esters is 1. The van der Waals surface area contributed by atoms with Crippen LogP contribution in [0, 0.1) is 10.8 Å². The van der Waals surface area contributed by atoms with Crippen LogP contribution in [-0.4, -0.2) is 68.3 Å². The predicted molar refractivity (Wildman–Crippen MR) is 170 cm³/mol. The molecule has 0 bridgehead atoms. The van der Waals surface area contributed by atoms with E-state index >= 15 is 0 Å². The number of ether oxygens (including phenoxy) is 4. The van der Waals surface area contributed by atoms with Gasteiger partial charge in [0.25, 0.3) is 0 Å². The van der Waals surface area contributed by atoms with Crippen molar-refractivity contribution in [3.63, 3.8) is 0 Å². The number of hydrogen-bond donors (Lipinski definition) is 3. The summed E-state index contributed by atoms with van der Waals surface area (Å²) < 4.78 is 21.6. The molecule has 1 aromatic carbocycles. The second-order valence-corrected chi connectivity index (χ2v) is 13.1. The van der Waals surface area contributed by atoms with Gasteiger partial charge in [-0.15, -0.1) is 0 Å². The minimum absolute atomic E-state index is 0.0200. The zero-order chi connectivity index (χ0) is 33.0. The van der Waals surface area contributed by atoms with Gasteiger partial charge in [-0.05, 0) is 63.0 Å². The highest BCUT2D eigenvalue weighted by Crippen LogP contribution is 2.28. The third kappa shape index (κ3) is 12.6. The maximum atomic E-state index is 13.1. The summed E-state index contributed by atoms with van der Waals surface area (Å²) in [5.41, 5.74) is 1.25. The van der Waals surface area contributed by atoms with Gasteiger partial charge >= 0.3 is 12.1 Å². The molecule has 10 heteroatoms. The maximum Gasteiger partial charge on any atom is 0.411 e. The lowest BCUT2D eigenvalue weighted by Gasteiger charge is -2.33. The first-order chi connectivity index (χ1) is 20.6. The summed E-state index contributed by atoms with van der Waals surface area (Å²) in [6, 6.07) is 7.39. The smallest absolute Gasteiger partial charge is 0.411 e. The van der Waals surface area contributed by atoms with E-state index in [0.29, 0.717) is 18.5 Å². The van der Waals surface area contributed by atoms with Crippen molar-refractivity contribution >= 4 is 23.7 Å². The molecule has 2 unspecified atom stereocenters. The van der Waals surface area contributed by atoms with E-state index in [1.165, 1.54) is 7.11 Å². The number of amides is 2. The second kappa shape index (κ2) is 16.6. The van der Waals surface area contributed by atoms with Crippen molar-refractivity contribution in [3.8, 4) is 0 Å². The largest absolute Gasteiger partial charge is 0.462 e. The van der Waals surface area contributed by atoms with Crippen molar-refractivity contribution in [2.45, 2.75) is 79.4 Å². The topological polar surface area (TPSA) is 132 Å². The molecule has 1 aliphatic carbocycles. The van der Waals surface area contributed by atoms with Crippen LogP contribution < -0.4 is 10.6 Å². The van der Waals surface area contributed by atoms with Crippen LogP contribution in [-0.2, 0) is 35.0 Å². The van der Waals surface area contributed by atoms with E-state index in [1.807, 2.05) is 78.0 Å². The molecule has 0 saturated heterocycles. The minimum atomic E-state index is -1.26. The van der Waals surface area contributed by atoms with Gasteiger partial charge in [0.1, 0.15) is 24.7 Å². The number of methoxy groups -OCH3 is 1. The fraction of sp³-hybridized carbons (Fsp3) is 0.559. The van der Waals surface area contributed by atoms with Gasteiger partial charge in [-0.25, -0.2) is 4.79 Å². The number of carbonyl (C=O) groups excluding carboxylic acids is 3. The van der Waals surface area contributed by atoms with E-state index in [4.69, 9.17) is 18.9 Å². The van der Waals surface area contributed by atoms with E-state index in [9.17, 15) is 19.5 Å². The van der Waals surface area contributed by atoms with Gasteiger partial charge < -0.3 is 29.4 Å². The van der Waals surface area contributed by atoms with E-state index in [-0.39, 0.29) is 38.8 Å². The van der Waals surface area contributed by atoms with Crippen LogP contribution in [0.2, 0.25) is 0 Å². The van der Waals surface area contributed by atoms with Crippen molar-refractivity contribution in [2.24, 2.45) is 10.8 Å². The molecule has 3 N–H and O–H groups in total. The zero-order valence-electron chi connectivity index (χ0n) is 27.5. The Bertz CT molecular complexity index is 1210. The Morgan fingerprint density at radius 1 is 0.932 bits per heavy atom. The molecule has 244 valence electrons. The SMILES string of the molecule is CCC(COC(=O)Nc1ccc(CC2=CC=C(NC(=O)C(C)(C)C)CC=C2)cc1)(COC(C)(C)C)C(=O)OCC(O)COC. The number of hydrogen-bond acceptors (Lipinski definition) is 8. The fourth-order valence-corrected chi connectivity index (χ4v) is 3.94. The molecule has 10 nitrogen and oxygen atoms in total. The Balaban J connectivity index is 2.01. The van der Waals surface area contributed by atoms with Crippen molar-refractivity contribution in [1.82, 2.24) is 5.32 Å². The third-order valence-corrected chi connectivity index (χ3v) is 6.87. The van der Waals surface area contributed by atoms with Gasteiger partial charge in [0.2, 0.25) is 5.91 Å². The van der Waals surface area contributed by atoms with Gasteiger partial charge in [0, 0.05) is 30.3 Å². The number of aliphatic hydroxyl groups is 1.